The number of benzene rings is 1. The van der Waals surface area contributed by atoms with Gasteiger partial charge in [-0.2, -0.15) is 0 Å². The van der Waals surface area contributed by atoms with Crippen LogP contribution in [0.25, 0.3) is 6.08 Å². The molecule has 18 heavy (non-hydrogen) atoms. The van der Waals surface area contributed by atoms with Crippen molar-refractivity contribution in [2.45, 2.75) is 0 Å². The first-order chi connectivity index (χ1) is 8.65. The molecule has 5 nitrogen and oxygen atoms in total. The van der Waals surface area contributed by atoms with Crippen molar-refractivity contribution in [3.63, 3.8) is 0 Å². The SMILES string of the molecule is COC(=O)/C(=C/c1ccc(OC)c(OC)c1)CN. The van der Waals surface area contributed by atoms with Gasteiger partial charge in [-0.15, -0.1) is 0 Å². The molecule has 0 aliphatic heterocycles. The third kappa shape index (κ3) is 3.24. The summed E-state index contributed by atoms with van der Waals surface area (Å²) in [7, 11) is 4.43. The molecule has 5 heteroatoms. The molecule has 0 saturated carbocycles. The van der Waals surface area contributed by atoms with Crippen LogP contribution in [0.1, 0.15) is 5.56 Å². The Morgan fingerprint density at radius 2 is 1.89 bits per heavy atom. The van der Waals surface area contributed by atoms with Gasteiger partial charge in [0, 0.05) is 6.54 Å². The molecule has 0 heterocycles. The van der Waals surface area contributed by atoms with Gasteiger partial charge in [-0.25, -0.2) is 4.79 Å². The molecule has 0 saturated heterocycles. The second-order valence-corrected chi connectivity index (χ2v) is 3.48. The molecule has 0 atom stereocenters. The van der Waals surface area contributed by atoms with Crippen LogP contribution in [-0.2, 0) is 9.53 Å². The maximum atomic E-state index is 11.4. The van der Waals surface area contributed by atoms with Crippen molar-refractivity contribution in [2.75, 3.05) is 27.9 Å². The lowest BCUT2D eigenvalue weighted by Crippen LogP contribution is -2.14. The van der Waals surface area contributed by atoms with E-state index in [-0.39, 0.29) is 6.54 Å². The highest BCUT2D eigenvalue weighted by Crippen LogP contribution is 2.28. The van der Waals surface area contributed by atoms with Crippen molar-refractivity contribution in [1.29, 1.82) is 0 Å². The average Bonchev–Trinajstić information content (AvgIpc) is 2.43. The van der Waals surface area contributed by atoms with E-state index in [9.17, 15) is 4.79 Å². The van der Waals surface area contributed by atoms with Gasteiger partial charge in [0.1, 0.15) is 0 Å². The van der Waals surface area contributed by atoms with E-state index in [1.165, 1.54) is 7.11 Å². The molecule has 2 N–H and O–H groups in total. The fourth-order valence-electron chi connectivity index (χ4n) is 1.48. The number of ether oxygens (including phenoxy) is 3. The lowest BCUT2D eigenvalue weighted by molar-refractivity contribution is -0.136. The van der Waals surface area contributed by atoms with E-state index in [0.29, 0.717) is 17.1 Å². The minimum Gasteiger partial charge on any atom is -0.493 e. The summed E-state index contributed by atoms with van der Waals surface area (Å²) in [6, 6.07) is 5.33. The van der Waals surface area contributed by atoms with Crippen LogP contribution in [0, 0.1) is 0 Å². The van der Waals surface area contributed by atoms with Crippen LogP contribution in [0.4, 0.5) is 0 Å². The van der Waals surface area contributed by atoms with Gasteiger partial charge in [-0.05, 0) is 23.8 Å². The predicted molar refractivity (Wildman–Crippen MR) is 68.6 cm³/mol. The van der Waals surface area contributed by atoms with E-state index in [4.69, 9.17) is 15.2 Å². The molecular weight excluding hydrogens is 234 g/mol. The third-order valence-corrected chi connectivity index (χ3v) is 2.42. The van der Waals surface area contributed by atoms with Crippen molar-refractivity contribution in [1.82, 2.24) is 0 Å². The number of methoxy groups -OCH3 is 3. The molecule has 0 aromatic heterocycles. The molecule has 1 aromatic carbocycles. The van der Waals surface area contributed by atoms with Crippen LogP contribution in [0.3, 0.4) is 0 Å². The number of nitrogens with two attached hydrogens (primary N) is 1. The molecular formula is C13H17NO4. The Morgan fingerprint density at radius 3 is 2.39 bits per heavy atom. The van der Waals surface area contributed by atoms with E-state index < -0.39 is 5.97 Å². The zero-order valence-corrected chi connectivity index (χ0v) is 10.7. The molecule has 0 bridgehead atoms. The van der Waals surface area contributed by atoms with E-state index in [1.807, 2.05) is 0 Å². The molecule has 98 valence electrons. The van der Waals surface area contributed by atoms with Gasteiger partial charge < -0.3 is 19.9 Å². The maximum Gasteiger partial charge on any atom is 0.335 e. The Hall–Kier alpha value is -2.01. The van der Waals surface area contributed by atoms with Gasteiger partial charge in [-0.1, -0.05) is 6.07 Å². The standard InChI is InChI=1S/C13H17NO4/c1-16-11-5-4-9(7-12(11)17-2)6-10(8-14)13(15)18-3/h4-7H,8,14H2,1-3H3/b10-6+. The summed E-state index contributed by atoms with van der Waals surface area (Å²) >= 11 is 0. The number of carbonyl (C=O) groups is 1. The highest BCUT2D eigenvalue weighted by Gasteiger charge is 2.09. The first-order valence-corrected chi connectivity index (χ1v) is 5.37. The predicted octanol–water partition coefficient (Wildman–Crippen LogP) is 1.22. The molecule has 0 amide bonds. The van der Waals surface area contributed by atoms with Gasteiger partial charge in [0.25, 0.3) is 0 Å². The van der Waals surface area contributed by atoms with Gasteiger partial charge >= 0.3 is 5.97 Å². The molecule has 0 radical (unpaired) electrons. The number of hydrogen-bond donors (Lipinski definition) is 1. The fourth-order valence-corrected chi connectivity index (χ4v) is 1.48. The van der Waals surface area contributed by atoms with Crippen LogP contribution in [0.5, 0.6) is 11.5 Å². The number of carbonyl (C=O) groups excluding carboxylic acids is 1. The Labute approximate surface area is 106 Å². The first kappa shape index (κ1) is 14.1. The maximum absolute atomic E-state index is 11.4. The molecule has 1 rings (SSSR count). The minimum atomic E-state index is -0.438. The minimum absolute atomic E-state index is 0.112. The highest BCUT2D eigenvalue weighted by molar-refractivity contribution is 5.94. The van der Waals surface area contributed by atoms with Crippen molar-refractivity contribution in [2.24, 2.45) is 5.73 Å². The Balaban J connectivity index is 3.10. The largest absolute Gasteiger partial charge is 0.493 e. The quantitative estimate of drug-likeness (QED) is 0.629. The third-order valence-electron chi connectivity index (χ3n) is 2.42. The summed E-state index contributed by atoms with van der Waals surface area (Å²) in [5.74, 6) is 0.779. The Morgan fingerprint density at radius 1 is 1.22 bits per heavy atom. The van der Waals surface area contributed by atoms with Crippen LogP contribution >= 0.6 is 0 Å². The van der Waals surface area contributed by atoms with Gasteiger partial charge in [-0.3, -0.25) is 0 Å². The molecule has 1 aromatic rings. The molecule has 0 fully saturated rings. The molecule has 0 unspecified atom stereocenters. The fraction of sp³-hybridized carbons (Fsp3) is 0.308. The zero-order valence-electron chi connectivity index (χ0n) is 10.7. The van der Waals surface area contributed by atoms with Crippen LogP contribution in [0.15, 0.2) is 23.8 Å². The zero-order chi connectivity index (χ0) is 13.5. The van der Waals surface area contributed by atoms with Crippen LogP contribution in [0.2, 0.25) is 0 Å². The summed E-state index contributed by atoms with van der Waals surface area (Å²) in [4.78, 5) is 11.4. The Bertz CT molecular complexity index is 454. The van der Waals surface area contributed by atoms with Gasteiger partial charge in [0.15, 0.2) is 11.5 Å². The van der Waals surface area contributed by atoms with Gasteiger partial charge in [0.05, 0.1) is 26.9 Å². The summed E-state index contributed by atoms with van der Waals surface area (Å²) in [6.45, 7) is 0.112. The van der Waals surface area contributed by atoms with Crippen molar-refractivity contribution < 1.29 is 19.0 Å². The number of hydrogen-bond acceptors (Lipinski definition) is 5. The molecule has 0 aliphatic rings. The normalized spacial score (nSPS) is 11.0. The highest BCUT2D eigenvalue weighted by atomic mass is 16.5. The molecule has 0 aliphatic carbocycles. The monoisotopic (exact) mass is 251 g/mol. The van der Waals surface area contributed by atoms with E-state index >= 15 is 0 Å². The second kappa shape index (κ2) is 6.66. The lowest BCUT2D eigenvalue weighted by Gasteiger charge is -2.08. The van der Waals surface area contributed by atoms with Crippen LogP contribution < -0.4 is 15.2 Å². The Kier molecular flexibility index (Phi) is 5.20. The van der Waals surface area contributed by atoms with E-state index in [2.05, 4.69) is 4.74 Å². The van der Waals surface area contributed by atoms with Crippen LogP contribution in [-0.4, -0.2) is 33.8 Å². The number of esters is 1. The van der Waals surface area contributed by atoms with Crippen molar-refractivity contribution in [3.05, 3.63) is 29.3 Å². The lowest BCUT2D eigenvalue weighted by atomic mass is 10.1. The summed E-state index contributed by atoms with van der Waals surface area (Å²) in [5.41, 5.74) is 6.68. The van der Waals surface area contributed by atoms with E-state index in [0.717, 1.165) is 5.56 Å². The molecule has 0 spiro atoms. The second-order valence-electron chi connectivity index (χ2n) is 3.48. The number of rotatable bonds is 5. The van der Waals surface area contributed by atoms with Crippen molar-refractivity contribution >= 4 is 12.0 Å². The summed E-state index contributed by atoms with van der Waals surface area (Å²) in [6.07, 6.45) is 1.66. The smallest absolute Gasteiger partial charge is 0.335 e. The van der Waals surface area contributed by atoms with Gasteiger partial charge in [0.2, 0.25) is 0 Å². The van der Waals surface area contributed by atoms with Crippen molar-refractivity contribution in [3.8, 4) is 11.5 Å². The summed E-state index contributed by atoms with van der Waals surface area (Å²) < 4.78 is 14.9. The van der Waals surface area contributed by atoms with E-state index in [1.54, 1.807) is 38.5 Å². The average molecular weight is 251 g/mol. The first-order valence-electron chi connectivity index (χ1n) is 5.37. The topological polar surface area (TPSA) is 70.8 Å². The summed E-state index contributed by atoms with van der Waals surface area (Å²) in [5, 5.41) is 0.